The summed E-state index contributed by atoms with van der Waals surface area (Å²) in [5.74, 6) is 1.70. The summed E-state index contributed by atoms with van der Waals surface area (Å²) in [5.41, 5.74) is 1.22. The molecule has 1 aliphatic heterocycles. The predicted octanol–water partition coefficient (Wildman–Crippen LogP) is 1.89. The molecule has 2 N–H and O–H groups in total. The fourth-order valence-corrected chi connectivity index (χ4v) is 1.91. The number of fused-ring (bicyclic) bond motifs is 1. The first kappa shape index (κ1) is 13.2. The highest BCUT2D eigenvalue weighted by Gasteiger charge is 2.13. The molecule has 18 heavy (non-hydrogen) atoms. The van der Waals surface area contributed by atoms with Crippen molar-refractivity contribution < 1.29 is 9.47 Å². The highest BCUT2D eigenvalue weighted by Crippen LogP contribution is 2.32. The Morgan fingerprint density at radius 3 is 2.94 bits per heavy atom. The van der Waals surface area contributed by atoms with Gasteiger partial charge in [0.2, 0.25) is 6.79 Å². The summed E-state index contributed by atoms with van der Waals surface area (Å²) in [6, 6.07) is 6.55. The van der Waals surface area contributed by atoms with Crippen LogP contribution in [0.15, 0.2) is 18.2 Å². The van der Waals surface area contributed by atoms with Crippen molar-refractivity contribution in [2.75, 3.05) is 19.9 Å². The molecule has 0 saturated carbocycles. The zero-order valence-corrected chi connectivity index (χ0v) is 11.2. The molecule has 0 saturated heterocycles. The summed E-state index contributed by atoms with van der Waals surface area (Å²) in [7, 11) is 0. The van der Waals surface area contributed by atoms with Gasteiger partial charge in [-0.1, -0.05) is 13.0 Å². The van der Waals surface area contributed by atoms with Crippen LogP contribution in [0.25, 0.3) is 0 Å². The van der Waals surface area contributed by atoms with Gasteiger partial charge in [-0.15, -0.1) is 0 Å². The third-order valence-corrected chi connectivity index (χ3v) is 2.97. The molecule has 0 amide bonds. The lowest BCUT2D eigenvalue weighted by atomic mass is 10.2. The van der Waals surface area contributed by atoms with Crippen LogP contribution in [0.3, 0.4) is 0 Å². The summed E-state index contributed by atoms with van der Waals surface area (Å²) in [4.78, 5) is 0. The Labute approximate surface area is 109 Å². The van der Waals surface area contributed by atoms with Gasteiger partial charge in [-0.05, 0) is 37.6 Å². The van der Waals surface area contributed by atoms with Crippen LogP contribution in [0.2, 0.25) is 0 Å². The first-order valence-corrected chi connectivity index (χ1v) is 6.62. The number of benzene rings is 1. The Hall–Kier alpha value is -1.26. The maximum Gasteiger partial charge on any atom is 0.231 e. The van der Waals surface area contributed by atoms with Crippen LogP contribution >= 0.6 is 0 Å². The van der Waals surface area contributed by atoms with Crippen molar-refractivity contribution in [3.05, 3.63) is 23.8 Å². The van der Waals surface area contributed by atoms with E-state index in [1.165, 1.54) is 12.0 Å². The maximum atomic E-state index is 5.36. The molecule has 0 fully saturated rings. The zero-order chi connectivity index (χ0) is 12.8. The highest BCUT2D eigenvalue weighted by atomic mass is 16.7. The van der Waals surface area contributed by atoms with E-state index in [1.807, 2.05) is 12.1 Å². The number of rotatable bonds is 7. The van der Waals surface area contributed by atoms with Crippen molar-refractivity contribution in [2.24, 2.45) is 0 Å². The summed E-state index contributed by atoms with van der Waals surface area (Å²) >= 11 is 0. The van der Waals surface area contributed by atoms with E-state index in [0.717, 1.165) is 31.1 Å². The SMILES string of the molecule is CCCNCC(C)NCc1ccc2c(c1)OCO2. The maximum absolute atomic E-state index is 5.36. The predicted molar refractivity (Wildman–Crippen MR) is 72.0 cm³/mol. The van der Waals surface area contributed by atoms with Gasteiger partial charge >= 0.3 is 0 Å². The van der Waals surface area contributed by atoms with Crippen molar-refractivity contribution in [3.8, 4) is 11.5 Å². The minimum absolute atomic E-state index is 0.337. The molecule has 1 aromatic rings. The lowest BCUT2D eigenvalue weighted by Gasteiger charge is -2.14. The van der Waals surface area contributed by atoms with E-state index in [0.29, 0.717) is 12.8 Å². The van der Waals surface area contributed by atoms with Crippen LogP contribution in [0, 0.1) is 0 Å². The molecule has 1 aromatic carbocycles. The molecule has 1 atom stereocenters. The standard InChI is InChI=1S/C14H22N2O2/c1-3-6-15-8-11(2)16-9-12-4-5-13-14(7-12)18-10-17-13/h4-5,7,11,15-16H,3,6,8-10H2,1-2H3. The fraction of sp³-hybridized carbons (Fsp3) is 0.571. The van der Waals surface area contributed by atoms with E-state index in [-0.39, 0.29) is 0 Å². The minimum atomic E-state index is 0.337. The Bertz CT molecular complexity index is 382. The third-order valence-electron chi connectivity index (χ3n) is 2.97. The van der Waals surface area contributed by atoms with Crippen molar-refractivity contribution >= 4 is 0 Å². The Morgan fingerprint density at radius 1 is 1.28 bits per heavy atom. The van der Waals surface area contributed by atoms with Gasteiger partial charge in [-0.3, -0.25) is 0 Å². The quantitative estimate of drug-likeness (QED) is 0.725. The first-order valence-electron chi connectivity index (χ1n) is 6.62. The molecule has 0 aromatic heterocycles. The number of hydrogen-bond donors (Lipinski definition) is 2. The highest BCUT2D eigenvalue weighted by molar-refractivity contribution is 5.44. The Morgan fingerprint density at radius 2 is 2.11 bits per heavy atom. The van der Waals surface area contributed by atoms with Gasteiger partial charge in [0.1, 0.15) is 0 Å². The van der Waals surface area contributed by atoms with Gasteiger partial charge in [0.25, 0.3) is 0 Å². The molecule has 0 radical (unpaired) electrons. The van der Waals surface area contributed by atoms with Gasteiger partial charge in [0.05, 0.1) is 0 Å². The van der Waals surface area contributed by atoms with Gasteiger partial charge in [-0.2, -0.15) is 0 Å². The summed E-state index contributed by atoms with van der Waals surface area (Å²) in [5, 5.41) is 6.90. The largest absolute Gasteiger partial charge is 0.454 e. The van der Waals surface area contributed by atoms with Gasteiger partial charge in [-0.25, -0.2) is 0 Å². The fourth-order valence-electron chi connectivity index (χ4n) is 1.91. The summed E-state index contributed by atoms with van der Waals surface area (Å²) in [6.45, 7) is 7.64. The molecule has 1 unspecified atom stereocenters. The van der Waals surface area contributed by atoms with Crippen LogP contribution in [0.4, 0.5) is 0 Å². The molecule has 4 heteroatoms. The monoisotopic (exact) mass is 250 g/mol. The lowest BCUT2D eigenvalue weighted by Crippen LogP contribution is -2.36. The van der Waals surface area contributed by atoms with Gasteiger partial charge < -0.3 is 20.1 Å². The Balaban J connectivity index is 1.76. The average Bonchev–Trinajstić information content (AvgIpc) is 2.84. The van der Waals surface area contributed by atoms with Crippen LogP contribution in [0.5, 0.6) is 11.5 Å². The molecule has 2 rings (SSSR count). The summed E-state index contributed by atoms with van der Waals surface area (Å²) in [6.07, 6.45) is 1.18. The van der Waals surface area contributed by atoms with E-state index in [2.05, 4.69) is 30.5 Å². The van der Waals surface area contributed by atoms with Crippen LogP contribution in [0.1, 0.15) is 25.8 Å². The molecular formula is C14H22N2O2. The van der Waals surface area contributed by atoms with Crippen molar-refractivity contribution in [2.45, 2.75) is 32.9 Å². The third kappa shape index (κ3) is 3.62. The minimum Gasteiger partial charge on any atom is -0.454 e. The van der Waals surface area contributed by atoms with Gasteiger partial charge in [0, 0.05) is 19.1 Å². The van der Waals surface area contributed by atoms with E-state index in [9.17, 15) is 0 Å². The molecule has 0 bridgehead atoms. The van der Waals surface area contributed by atoms with Crippen LogP contribution < -0.4 is 20.1 Å². The number of ether oxygens (including phenoxy) is 2. The molecule has 4 nitrogen and oxygen atoms in total. The van der Waals surface area contributed by atoms with E-state index < -0.39 is 0 Å². The average molecular weight is 250 g/mol. The molecule has 1 heterocycles. The van der Waals surface area contributed by atoms with Crippen molar-refractivity contribution in [3.63, 3.8) is 0 Å². The second-order valence-corrected chi connectivity index (χ2v) is 4.67. The molecular weight excluding hydrogens is 228 g/mol. The molecule has 0 spiro atoms. The van der Waals surface area contributed by atoms with E-state index in [4.69, 9.17) is 9.47 Å². The zero-order valence-electron chi connectivity index (χ0n) is 11.2. The second-order valence-electron chi connectivity index (χ2n) is 4.67. The van der Waals surface area contributed by atoms with E-state index >= 15 is 0 Å². The molecule has 1 aliphatic rings. The lowest BCUT2D eigenvalue weighted by molar-refractivity contribution is 0.174. The van der Waals surface area contributed by atoms with Crippen molar-refractivity contribution in [1.29, 1.82) is 0 Å². The number of nitrogens with one attached hydrogen (secondary N) is 2. The van der Waals surface area contributed by atoms with Gasteiger partial charge in [0.15, 0.2) is 11.5 Å². The Kier molecular flexibility index (Phi) is 4.84. The topological polar surface area (TPSA) is 42.5 Å². The normalized spacial score (nSPS) is 14.8. The second kappa shape index (κ2) is 6.61. The first-order chi connectivity index (χ1) is 8.79. The smallest absolute Gasteiger partial charge is 0.231 e. The summed E-state index contributed by atoms with van der Waals surface area (Å²) < 4.78 is 10.7. The molecule has 0 aliphatic carbocycles. The number of hydrogen-bond acceptors (Lipinski definition) is 4. The van der Waals surface area contributed by atoms with Crippen molar-refractivity contribution in [1.82, 2.24) is 10.6 Å². The van der Waals surface area contributed by atoms with Crippen LogP contribution in [-0.2, 0) is 6.54 Å². The van der Waals surface area contributed by atoms with E-state index in [1.54, 1.807) is 0 Å². The van der Waals surface area contributed by atoms with Crippen LogP contribution in [-0.4, -0.2) is 25.9 Å². The molecule has 100 valence electrons.